The predicted molar refractivity (Wildman–Crippen MR) is 116 cm³/mol. The molecule has 1 unspecified atom stereocenters. The SMILES string of the molecule is O=C1C(O)=C(c2c[nH]c3ccccc23)C(c2ccccc2F)N1CCCn1ccnc1. The van der Waals surface area contributed by atoms with Gasteiger partial charge in [0.15, 0.2) is 5.76 Å². The molecule has 31 heavy (non-hydrogen) atoms. The fraction of sp³-hybridized carbons (Fsp3) is 0.167. The van der Waals surface area contributed by atoms with Gasteiger partial charge >= 0.3 is 0 Å². The number of rotatable bonds is 6. The molecule has 0 spiro atoms. The van der Waals surface area contributed by atoms with Crippen molar-refractivity contribution in [2.45, 2.75) is 19.0 Å². The summed E-state index contributed by atoms with van der Waals surface area (Å²) in [5.41, 5.74) is 2.38. The maximum atomic E-state index is 14.9. The van der Waals surface area contributed by atoms with E-state index in [2.05, 4.69) is 9.97 Å². The Labute approximate surface area is 178 Å². The zero-order valence-corrected chi connectivity index (χ0v) is 16.7. The highest BCUT2D eigenvalue weighted by Crippen LogP contribution is 2.45. The van der Waals surface area contributed by atoms with E-state index in [-0.39, 0.29) is 5.76 Å². The lowest BCUT2D eigenvalue weighted by Crippen LogP contribution is -2.32. The second kappa shape index (κ2) is 7.75. The summed E-state index contributed by atoms with van der Waals surface area (Å²) in [6.45, 7) is 1.03. The van der Waals surface area contributed by atoms with Crippen molar-refractivity contribution < 1.29 is 14.3 Å². The Morgan fingerprint density at radius 2 is 1.90 bits per heavy atom. The van der Waals surface area contributed by atoms with Crippen molar-refractivity contribution >= 4 is 22.4 Å². The summed E-state index contributed by atoms with van der Waals surface area (Å²) in [6, 6.07) is 13.4. The van der Waals surface area contributed by atoms with E-state index >= 15 is 0 Å². The number of aryl methyl sites for hydroxylation is 1. The highest BCUT2D eigenvalue weighted by Gasteiger charge is 2.42. The van der Waals surface area contributed by atoms with Crippen LogP contribution in [0.3, 0.4) is 0 Å². The van der Waals surface area contributed by atoms with Crippen molar-refractivity contribution in [3.63, 3.8) is 0 Å². The number of para-hydroxylation sites is 1. The lowest BCUT2D eigenvalue weighted by molar-refractivity contribution is -0.129. The van der Waals surface area contributed by atoms with E-state index in [4.69, 9.17) is 0 Å². The number of amides is 1. The van der Waals surface area contributed by atoms with Crippen LogP contribution in [0.15, 0.2) is 79.2 Å². The van der Waals surface area contributed by atoms with Crippen LogP contribution in [0, 0.1) is 5.82 Å². The molecule has 0 aliphatic carbocycles. The molecule has 0 saturated carbocycles. The van der Waals surface area contributed by atoms with Crippen LogP contribution in [0.25, 0.3) is 16.5 Å². The summed E-state index contributed by atoms with van der Waals surface area (Å²) < 4.78 is 16.8. The molecule has 156 valence electrons. The lowest BCUT2D eigenvalue weighted by Gasteiger charge is -2.27. The number of fused-ring (bicyclic) bond motifs is 1. The number of halogens is 1. The predicted octanol–water partition coefficient (Wildman–Crippen LogP) is 4.45. The highest BCUT2D eigenvalue weighted by atomic mass is 19.1. The first-order valence-corrected chi connectivity index (χ1v) is 10.2. The third-order valence-corrected chi connectivity index (χ3v) is 5.76. The Hall–Kier alpha value is -3.87. The van der Waals surface area contributed by atoms with Crippen LogP contribution in [0.4, 0.5) is 4.39 Å². The minimum Gasteiger partial charge on any atom is -0.503 e. The van der Waals surface area contributed by atoms with E-state index in [0.717, 1.165) is 10.9 Å². The van der Waals surface area contributed by atoms with Gasteiger partial charge in [-0.2, -0.15) is 0 Å². The fourth-order valence-corrected chi connectivity index (χ4v) is 4.32. The molecular formula is C24H21FN4O2. The maximum absolute atomic E-state index is 14.9. The van der Waals surface area contributed by atoms with Crippen LogP contribution < -0.4 is 0 Å². The van der Waals surface area contributed by atoms with E-state index in [1.807, 2.05) is 35.0 Å². The Morgan fingerprint density at radius 1 is 1.10 bits per heavy atom. The number of benzene rings is 2. The number of aromatic amines is 1. The van der Waals surface area contributed by atoms with Crippen molar-refractivity contribution in [2.24, 2.45) is 0 Å². The first kappa shape index (κ1) is 19.1. The number of nitrogens with zero attached hydrogens (tertiary/aromatic N) is 3. The van der Waals surface area contributed by atoms with Gasteiger partial charge in [-0.1, -0.05) is 36.4 Å². The molecule has 2 aromatic heterocycles. The molecule has 3 heterocycles. The Kier molecular flexibility index (Phi) is 4.78. The number of aromatic nitrogens is 3. The number of hydrogen-bond acceptors (Lipinski definition) is 3. The van der Waals surface area contributed by atoms with Crippen LogP contribution in [0.2, 0.25) is 0 Å². The van der Waals surface area contributed by atoms with Gasteiger partial charge in [-0.05, 0) is 18.6 Å². The van der Waals surface area contributed by atoms with Crippen LogP contribution in [-0.4, -0.2) is 37.0 Å². The molecule has 1 amide bonds. The molecule has 0 fully saturated rings. The van der Waals surface area contributed by atoms with E-state index in [1.165, 1.54) is 6.07 Å². The van der Waals surface area contributed by atoms with Crippen molar-refractivity contribution in [2.75, 3.05) is 6.54 Å². The Morgan fingerprint density at radius 3 is 2.71 bits per heavy atom. The van der Waals surface area contributed by atoms with Crippen molar-refractivity contribution in [3.05, 3.63) is 96.2 Å². The molecule has 6 nitrogen and oxygen atoms in total. The second-order valence-electron chi connectivity index (χ2n) is 7.59. The van der Waals surface area contributed by atoms with Gasteiger partial charge < -0.3 is 19.6 Å². The number of nitrogens with one attached hydrogen (secondary N) is 1. The van der Waals surface area contributed by atoms with E-state index in [9.17, 15) is 14.3 Å². The standard InChI is InChI=1S/C24H21FN4O2/c25-19-8-3-1-7-17(19)22-21(18-14-27-20-9-4-2-6-16(18)20)23(30)24(31)29(22)12-5-11-28-13-10-26-15-28/h1-4,6-10,13-15,22,27,30H,5,11-12H2. The number of H-pyrrole nitrogens is 1. The van der Waals surface area contributed by atoms with Gasteiger partial charge in [0, 0.05) is 59.3 Å². The zero-order chi connectivity index (χ0) is 21.4. The molecule has 0 bridgehead atoms. The zero-order valence-electron chi connectivity index (χ0n) is 16.7. The first-order valence-electron chi connectivity index (χ1n) is 10.2. The second-order valence-corrected chi connectivity index (χ2v) is 7.59. The first-order chi connectivity index (χ1) is 15.1. The third kappa shape index (κ3) is 3.28. The summed E-state index contributed by atoms with van der Waals surface area (Å²) in [7, 11) is 0. The number of imidazole rings is 1. The van der Waals surface area contributed by atoms with Gasteiger partial charge in [-0.3, -0.25) is 4.79 Å². The lowest BCUT2D eigenvalue weighted by atomic mass is 9.93. The molecule has 1 atom stereocenters. The van der Waals surface area contributed by atoms with Gasteiger partial charge in [0.25, 0.3) is 5.91 Å². The highest BCUT2D eigenvalue weighted by molar-refractivity contribution is 6.08. The Bertz CT molecular complexity index is 1280. The average molecular weight is 416 g/mol. The molecule has 1 aliphatic rings. The molecule has 5 rings (SSSR count). The summed E-state index contributed by atoms with van der Waals surface area (Å²) in [6.07, 6.45) is 7.68. The summed E-state index contributed by atoms with van der Waals surface area (Å²) in [5, 5.41) is 11.8. The fourth-order valence-electron chi connectivity index (χ4n) is 4.32. The normalized spacial score (nSPS) is 16.6. The number of aliphatic hydroxyl groups excluding tert-OH is 1. The Balaban J connectivity index is 1.56. The minimum atomic E-state index is -0.712. The van der Waals surface area contributed by atoms with Crippen LogP contribution in [0.5, 0.6) is 0 Å². The largest absolute Gasteiger partial charge is 0.503 e. The molecule has 2 aromatic carbocycles. The van der Waals surface area contributed by atoms with Crippen molar-refractivity contribution in [1.82, 2.24) is 19.4 Å². The quantitative estimate of drug-likeness (QED) is 0.488. The van der Waals surface area contributed by atoms with E-state index < -0.39 is 17.8 Å². The van der Waals surface area contributed by atoms with E-state index in [0.29, 0.717) is 36.2 Å². The van der Waals surface area contributed by atoms with Crippen LogP contribution in [0.1, 0.15) is 23.6 Å². The van der Waals surface area contributed by atoms with Gasteiger partial charge in [0.2, 0.25) is 0 Å². The average Bonchev–Trinajstić information content (AvgIpc) is 3.50. The summed E-state index contributed by atoms with van der Waals surface area (Å²) in [4.78, 5) is 21.9. The molecule has 1 aliphatic heterocycles. The van der Waals surface area contributed by atoms with E-state index in [1.54, 1.807) is 41.8 Å². The topological polar surface area (TPSA) is 74.2 Å². The minimum absolute atomic E-state index is 0.333. The number of carbonyl (C=O) groups is 1. The molecule has 4 aromatic rings. The molecule has 0 saturated heterocycles. The van der Waals surface area contributed by atoms with Gasteiger partial charge in [0.1, 0.15) is 5.82 Å². The summed E-state index contributed by atoms with van der Waals surface area (Å²) in [5.74, 6) is -1.23. The smallest absolute Gasteiger partial charge is 0.289 e. The van der Waals surface area contributed by atoms with Gasteiger partial charge in [-0.15, -0.1) is 0 Å². The third-order valence-electron chi connectivity index (χ3n) is 5.76. The van der Waals surface area contributed by atoms with Gasteiger partial charge in [-0.25, -0.2) is 9.37 Å². The molecule has 2 N–H and O–H groups in total. The molecule has 7 heteroatoms. The van der Waals surface area contributed by atoms with Gasteiger partial charge in [0.05, 0.1) is 12.4 Å². The molecular weight excluding hydrogens is 395 g/mol. The van der Waals surface area contributed by atoms with Crippen LogP contribution >= 0.6 is 0 Å². The number of hydrogen-bond donors (Lipinski definition) is 2. The number of carbonyl (C=O) groups excluding carboxylic acids is 1. The van der Waals surface area contributed by atoms with Crippen LogP contribution in [-0.2, 0) is 11.3 Å². The summed E-state index contributed by atoms with van der Waals surface area (Å²) >= 11 is 0. The number of aliphatic hydroxyl groups is 1. The van der Waals surface area contributed by atoms with Crippen molar-refractivity contribution in [3.8, 4) is 0 Å². The molecule has 0 radical (unpaired) electrons. The van der Waals surface area contributed by atoms with Crippen molar-refractivity contribution in [1.29, 1.82) is 0 Å². The maximum Gasteiger partial charge on any atom is 0.289 e. The monoisotopic (exact) mass is 416 g/mol.